The largest absolute Gasteiger partial charge is 0.481 e. The van der Waals surface area contributed by atoms with E-state index in [2.05, 4.69) is 20.5 Å². The summed E-state index contributed by atoms with van der Waals surface area (Å²) in [4.78, 5) is 59.0. The zero-order valence-electron chi connectivity index (χ0n) is 24.3. The number of carboxylic acids is 1. The van der Waals surface area contributed by atoms with Gasteiger partial charge < -0.3 is 25.5 Å². The molecule has 0 bridgehead atoms. The topological polar surface area (TPSA) is 132 Å². The molecule has 10 nitrogen and oxygen atoms in total. The SMILES string of the molecule is Cc1ccc(C(CC(=O)O)NC(=O)c2ccc(N3CCN(C(=O)c4ccccc4)CC3)c(NC(=O)c3ccncc3)c2)cc1. The van der Waals surface area contributed by atoms with Gasteiger partial charge in [-0.3, -0.25) is 24.2 Å². The van der Waals surface area contributed by atoms with Crippen LogP contribution in [0.5, 0.6) is 0 Å². The van der Waals surface area contributed by atoms with E-state index in [0.717, 1.165) is 5.56 Å². The maximum atomic E-state index is 13.4. The predicted molar refractivity (Wildman–Crippen MR) is 167 cm³/mol. The van der Waals surface area contributed by atoms with Gasteiger partial charge in [-0.05, 0) is 55.0 Å². The van der Waals surface area contributed by atoms with Crippen molar-refractivity contribution in [3.63, 3.8) is 0 Å². The highest BCUT2D eigenvalue weighted by Gasteiger charge is 2.25. The number of aliphatic carboxylic acids is 1. The van der Waals surface area contributed by atoms with E-state index < -0.39 is 17.9 Å². The van der Waals surface area contributed by atoms with Crippen molar-refractivity contribution in [2.75, 3.05) is 36.4 Å². The minimum absolute atomic E-state index is 0.0343. The molecule has 1 aliphatic heterocycles. The van der Waals surface area contributed by atoms with E-state index >= 15 is 0 Å². The average molecular weight is 592 g/mol. The number of anilines is 2. The van der Waals surface area contributed by atoms with Crippen molar-refractivity contribution in [2.45, 2.75) is 19.4 Å². The van der Waals surface area contributed by atoms with Gasteiger partial charge in [-0.25, -0.2) is 0 Å². The predicted octanol–water partition coefficient (Wildman–Crippen LogP) is 4.55. The Morgan fingerprint density at radius 1 is 0.795 bits per heavy atom. The van der Waals surface area contributed by atoms with Crippen LogP contribution in [0.15, 0.2) is 97.3 Å². The molecule has 1 aromatic heterocycles. The maximum absolute atomic E-state index is 13.4. The highest BCUT2D eigenvalue weighted by molar-refractivity contribution is 6.07. The number of piperazine rings is 1. The van der Waals surface area contributed by atoms with E-state index in [1.54, 1.807) is 59.5 Å². The molecule has 2 heterocycles. The Balaban J connectivity index is 1.38. The van der Waals surface area contributed by atoms with Crippen molar-refractivity contribution < 1.29 is 24.3 Å². The smallest absolute Gasteiger partial charge is 0.305 e. The fourth-order valence-corrected chi connectivity index (χ4v) is 5.13. The quantitative estimate of drug-likeness (QED) is 0.260. The van der Waals surface area contributed by atoms with Gasteiger partial charge in [0, 0.05) is 55.3 Å². The van der Waals surface area contributed by atoms with Crippen LogP contribution < -0.4 is 15.5 Å². The van der Waals surface area contributed by atoms with Crippen molar-refractivity contribution in [3.8, 4) is 0 Å². The number of aromatic nitrogens is 1. The van der Waals surface area contributed by atoms with Crippen LogP contribution in [-0.4, -0.2) is 64.9 Å². The molecule has 5 rings (SSSR count). The number of carbonyl (C=O) groups is 4. The molecule has 3 aromatic carbocycles. The molecule has 0 aliphatic carbocycles. The molecule has 44 heavy (non-hydrogen) atoms. The van der Waals surface area contributed by atoms with Crippen LogP contribution >= 0.6 is 0 Å². The third kappa shape index (κ3) is 7.27. The van der Waals surface area contributed by atoms with Crippen molar-refractivity contribution >= 4 is 35.1 Å². The third-order valence-corrected chi connectivity index (χ3v) is 7.54. The van der Waals surface area contributed by atoms with Gasteiger partial charge in [0.05, 0.1) is 23.8 Å². The monoisotopic (exact) mass is 591 g/mol. The van der Waals surface area contributed by atoms with Gasteiger partial charge in [-0.2, -0.15) is 0 Å². The molecule has 10 heteroatoms. The van der Waals surface area contributed by atoms with Crippen LogP contribution in [0.2, 0.25) is 0 Å². The zero-order valence-corrected chi connectivity index (χ0v) is 24.3. The summed E-state index contributed by atoms with van der Waals surface area (Å²) < 4.78 is 0. The average Bonchev–Trinajstić information content (AvgIpc) is 3.05. The Morgan fingerprint density at radius 2 is 1.48 bits per heavy atom. The van der Waals surface area contributed by atoms with Crippen molar-refractivity contribution in [1.29, 1.82) is 0 Å². The first-order valence-electron chi connectivity index (χ1n) is 14.3. The lowest BCUT2D eigenvalue weighted by Gasteiger charge is -2.37. The summed E-state index contributed by atoms with van der Waals surface area (Å²) in [6.07, 6.45) is 2.76. The normalized spacial score (nSPS) is 13.6. The summed E-state index contributed by atoms with van der Waals surface area (Å²) in [6.45, 7) is 3.95. The number of rotatable bonds is 9. The minimum atomic E-state index is -1.04. The van der Waals surface area contributed by atoms with Gasteiger partial charge in [-0.1, -0.05) is 48.0 Å². The number of carbonyl (C=O) groups excluding carboxylic acids is 3. The minimum Gasteiger partial charge on any atom is -0.481 e. The van der Waals surface area contributed by atoms with E-state index in [1.807, 2.05) is 37.3 Å². The summed E-state index contributed by atoms with van der Waals surface area (Å²) in [5.74, 6) is -1.91. The number of nitrogens with one attached hydrogen (secondary N) is 2. The first kappa shape index (κ1) is 30.0. The number of amides is 3. The van der Waals surface area contributed by atoms with E-state index in [-0.39, 0.29) is 23.8 Å². The van der Waals surface area contributed by atoms with Crippen LogP contribution in [-0.2, 0) is 4.79 Å². The molecule has 1 aliphatic rings. The number of nitrogens with zero attached hydrogens (tertiary/aromatic N) is 3. The van der Waals surface area contributed by atoms with Gasteiger partial charge in [0.15, 0.2) is 0 Å². The fraction of sp³-hybridized carbons (Fsp3) is 0.206. The first-order chi connectivity index (χ1) is 21.3. The molecule has 3 N–H and O–H groups in total. The molecule has 0 saturated carbocycles. The summed E-state index contributed by atoms with van der Waals surface area (Å²) >= 11 is 0. The van der Waals surface area contributed by atoms with Crippen LogP contribution in [0.1, 0.15) is 54.7 Å². The molecule has 1 saturated heterocycles. The van der Waals surface area contributed by atoms with Gasteiger partial charge in [-0.15, -0.1) is 0 Å². The molecule has 3 amide bonds. The summed E-state index contributed by atoms with van der Waals surface area (Å²) in [5.41, 5.74) is 4.12. The highest BCUT2D eigenvalue weighted by atomic mass is 16.4. The van der Waals surface area contributed by atoms with Crippen LogP contribution in [0, 0.1) is 6.92 Å². The molecule has 4 aromatic rings. The van der Waals surface area contributed by atoms with Crippen LogP contribution in [0.3, 0.4) is 0 Å². The Labute approximate surface area is 255 Å². The Hall–Kier alpha value is -5.51. The fourth-order valence-electron chi connectivity index (χ4n) is 5.13. The second-order valence-electron chi connectivity index (χ2n) is 10.6. The van der Waals surface area contributed by atoms with Crippen molar-refractivity contribution in [3.05, 3.63) is 125 Å². The number of pyridine rings is 1. The van der Waals surface area contributed by atoms with E-state index in [1.165, 1.54) is 12.4 Å². The third-order valence-electron chi connectivity index (χ3n) is 7.54. The van der Waals surface area contributed by atoms with Gasteiger partial charge in [0.1, 0.15) is 0 Å². The lowest BCUT2D eigenvalue weighted by molar-refractivity contribution is -0.137. The van der Waals surface area contributed by atoms with Crippen molar-refractivity contribution in [1.82, 2.24) is 15.2 Å². The number of hydrogen-bond donors (Lipinski definition) is 3. The van der Waals surface area contributed by atoms with E-state index in [4.69, 9.17) is 0 Å². The molecule has 1 fully saturated rings. The number of benzene rings is 3. The molecule has 0 spiro atoms. The molecule has 0 radical (unpaired) electrons. The van der Waals surface area contributed by atoms with Gasteiger partial charge in [0.2, 0.25) is 0 Å². The van der Waals surface area contributed by atoms with Crippen molar-refractivity contribution in [2.24, 2.45) is 0 Å². The lowest BCUT2D eigenvalue weighted by Crippen LogP contribution is -2.49. The molecular formula is C34H33N5O5. The number of carboxylic acid groups (broad SMARTS) is 1. The second kappa shape index (κ2) is 13.6. The summed E-state index contributed by atoms with van der Waals surface area (Å²) in [7, 11) is 0. The molecule has 1 atom stereocenters. The Morgan fingerprint density at radius 3 is 2.14 bits per heavy atom. The Kier molecular flexibility index (Phi) is 9.29. The standard InChI is InChI=1S/C34H33N5O5/c1-23-7-9-24(10-8-23)28(22-31(40)41)36-33(43)27-11-12-30(29(21-27)37-32(42)25-13-15-35-16-14-25)38-17-19-39(20-18-38)34(44)26-5-3-2-4-6-26/h2-16,21,28H,17-20,22H2,1H3,(H,36,43)(H,37,42)(H,40,41). The maximum Gasteiger partial charge on any atom is 0.305 e. The van der Waals surface area contributed by atoms with Crippen LogP contribution in [0.25, 0.3) is 0 Å². The molecule has 1 unspecified atom stereocenters. The van der Waals surface area contributed by atoms with E-state index in [0.29, 0.717) is 54.2 Å². The lowest BCUT2D eigenvalue weighted by atomic mass is 10.0. The molecule has 224 valence electrons. The Bertz CT molecular complexity index is 1640. The van der Waals surface area contributed by atoms with Gasteiger partial charge >= 0.3 is 5.97 Å². The second-order valence-corrected chi connectivity index (χ2v) is 10.6. The van der Waals surface area contributed by atoms with E-state index in [9.17, 15) is 24.3 Å². The molecular weight excluding hydrogens is 558 g/mol. The first-order valence-corrected chi connectivity index (χ1v) is 14.3. The van der Waals surface area contributed by atoms with Gasteiger partial charge in [0.25, 0.3) is 17.7 Å². The highest BCUT2D eigenvalue weighted by Crippen LogP contribution is 2.30. The van der Waals surface area contributed by atoms with Crippen LogP contribution in [0.4, 0.5) is 11.4 Å². The number of hydrogen-bond acceptors (Lipinski definition) is 6. The number of aryl methyl sites for hydroxylation is 1. The summed E-state index contributed by atoms with van der Waals surface area (Å²) in [6, 6.07) is 23.9. The summed E-state index contributed by atoms with van der Waals surface area (Å²) in [5, 5.41) is 15.3. The zero-order chi connectivity index (χ0) is 31.1.